The Balaban J connectivity index is 0.00000108. The van der Waals surface area contributed by atoms with Crippen LogP contribution in [0.15, 0.2) is 29.2 Å². The normalized spacial score (nSPS) is 14.6. The standard InChI is InChI=1S/C11H10F15OP.C7H8O3S/c12-5(13,4-27-2-1-3-28)6(14,15)7(16,17)8(18,19)9(20,21)10(22,23)11(24,25)26;1-6-2-4-7(5-3-6)11(8,9)10/h1-4,28H2;2-5H,1H3,(H,8,9,10). The Bertz CT molecular complexity index is 1040. The highest BCUT2D eigenvalue weighted by Crippen LogP contribution is 2.62. The molecule has 1 unspecified atom stereocenters. The van der Waals surface area contributed by atoms with Crippen molar-refractivity contribution in [1.82, 2.24) is 0 Å². The van der Waals surface area contributed by atoms with Gasteiger partial charge < -0.3 is 4.74 Å². The molecule has 0 saturated heterocycles. The molecule has 21 heteroatoms. The van der Waals surface area contributed by atoms with E-state index in [0.717, 1.165) is 5.56 Å². The second kappa shape index (κ2) is 12.1. The lowest BCUT2D eigenvalue weighted by Crippen LogP contribution is -2.73. The molecule has 1 aromatic carbocycles. The van der Waals surface area contributed by atoms with Crippen molar-refractivity contribution in [3.63, 3.8) is 0 Å². The fourth-order valence-corrected chi connectivity index (χ4v) is 2.83. The fraction of sp³-hybridized carbons (Fsp3) is 0.667. The van der Waals surface area contributed by atoms with Gasteiger partial charge in [0.25, 0.3) is 10.1 Å². The predicted octanol–water partition coefficient (Wildman–Crippen LogP) is 6.88. The highest BCUT2D eigenvalue weighted by Gasteiger charge is 2.93. The number of rotatable bonds is 11. The molecule has 0 saturated carbocycles. The van der Waals surface area contributed by atoms with Gasteiger partial charge in [-0.05, 0) is 31.6 Å². The average molecular weight is 646 g/mol. The number of ether oxygens (including phenoxy) is 1. The van der Waals surface area contributed by atoms with Gasteiger partial charge in [-0.2, -0.15) is 74.3 Å². The molecule has 39 heavy (non-hydrogen) atoms. The molecule has 0 aliphatic rings. The van der Waals surface area contributed by atoms with Crippen molar-refractivity contribution in [3.05, 3.63) is 29.8 Å². The van der Waals surface area contributed by atoms with E-state index in [4.69, 9.17) is 4.55 Å². The maximum Gasteiger partial charge on any atom is 0.460 e. The van der Waals surface area contributed by atoms with E-state index in [1.54, 1.807) is 12.1 Å². The van der Waals surface area contributed by atoms with E-state index in [1.165, 1.54) is 12.1 Å². The predicted molar refractivity (Wildman–Crippen MR) is 107 cm³/mol. The van der Waals surface area contributed by atoms with Gasteiger partial charge in [0.1, 0.15) is 6.61 Å². The van der Waals surface area contributed by atoms with Crippen LogP contribution in [0, 0.1) is 6.92 Å². The third-order valence-electron chi connectivity index (χ3n) is 4.49. The first-order chi connectivity index (χ1) is 17.1. The fourth-order valence-electron chi connectivity index (χ4n) is 2.19. The molecule has 0 aliphatic heterocycles. The molecule has 1 atom stereocenters. The minimum atomic E-state index is -8.26. The van der Waals surface area contributed by atoms with Crippen molar-refractivity contribution >= 4 is 19.4 Å². The van der Waals surface area contributed by atoms with Crippen molar-refractivity contribution in [1.29, 1.82) is 0 Å². The molecule has 230 valence electrons. The van der Waals surface area contributed by atoms with Gasteiger partial charge in [0.15, 0.2) is 0 Å². The average Bonchev–Trinajstić information content (AvgIpc) is 2.75. The molecule has 0 bridgehead atoms. The van der Waals surface area contributed by atoms with E-state index in [0.29, 0.717) is 0 Å². The maximum absolute atomic E-state index is 13.3. The monoisotopic (exact) mass is 646 g/mol. The molecule has 1 aromatic rings. The number of benzene rings is 1. The van der Waals surface area contributed by atoms with Crippen LogP contribution < -0.4 is 0 Å². The molecule has 0 aliphatic carbocycles. The van der Waals surface area contributed by atoms with Gasteiger partial charge in [0, 0.05) is 6.61 Å². The SMILES string of the molecule is Cc1ccc(S(=O)(=O)O)cc1.FC(F)(F)C(F)(F)C(F)(F)C(F)(F)C(F)(F)C(F)(F)C(F)(F)COCCCP. The summed E-state index contributed by atoms with van der Waals surface area (Å²) in [5.41, 5.74) is 0.956. The first-order valence-corrected chi connectivity index (χ1v) is 12.0. The third kappa shape index (κ3) is 7.61. The second-order valence-electron chi connectivity index (χ2n) is 7.56. The summed E-state index contributed by atoms with van der Waals surface area (Å²) >= 11 is 0. The van der Waals surface area contributed by atoms with Crippen LogP contribution in [0.1, 0.15) is 12.0 Å². The lowest BCUT2D eigenvalue weighted by Gasteiger charge is -2.41. The highest BCUT2D eigenvalue weighted by atomic mass is 32.2. The van der Waals surface area contributed by atoms with E-state index in [-0.39, 0.29) is 17.5 Å². The molecule has 0 aromatic heterocycles. The van der Waals surface area contributed by atoms with Crippen LogP contribution in [0.4, 0.5) is 65.9 Å². The van der Waals surface area contributed by atoms with Gasteiger partial charge in [-0.1, -0.05) is 17.7 Å². The smallest absolute Gasteiger partial charge is 0.375 e. The van der Waals surface area contributed by atoms with Crippen LogP contribution in [0.3, 0.4) is 0 Å². The summed E-state index contributed by atoms with van der Waals surface area (Å²) in [5.74, 6) is -46.3. The molecule has 0 fully saturated rings. The lowest BCUT2D eigenvalue weighted by atomic mass is 9.91. The van der Waals surface area contributed by atoms with E-state index in [9.17, 15) is 74.3 Å². The van der Waals surface area contributed by atoms with Gasteiger partial charge in [-0.3, -0.25) is 4.55 Å². The number of aryl methyl sites for hydroxylation is 1. The maximum atomic E-state index is 13.3. The van der Waals surface area contributed by atoms with Gasteiger partial charge in [0.2, 0.25) is 0 Å². The van der Waals surface area contributed by atoms with E-state index < -0.39 is 65.0 Å². The van der Waals surface area contributed by atoms with Crippen LogP contribution >= 0.6 is 9.24 Å². The van der Waals surface area contributed by atoms with Gasteiger partial charge in [-0.15, -0.1) is 9.24 Å². The van der Waals surface area contributed by atoms with Gasteiger partial charge >= 0.3 is 41.7 Å². The molecule has 1 N–H and O–H groups in total. The quantitative estimate of drug-likeness (QED) is 0.123. The molecular formula is C18H18F15O4PS. The summed E-state index contributed by atoms with van der Waals surface area (Å²) in [6, 6.07) is 5.99. The second-order valence-corrected chi connectivity index (χ2v) is 9.56. The Hall–Kier alpha value is -1.53. The Labute approximate surface area is 212 Å². The summed E-state index contributed by atoms with van der Waals surface area (Å²) in [5, 5.41) is 0. The van der Waals surface area contributed by atoms with E-state index in [2.05, 4.69) is 4.74 Å². The zero-order valence-electron chi connectivity index (χ0n) is 19.0. The van der Waals surface area contributed by atoms with Crippen molar-refractivity contribution in [2.24, 2.45) is 0 Å². The minimum Gasteiger partial charge on any atom is -0.375 e. The molecule has 4 nitrogen and oxygen atoms in total. The van der Waals surface area contributed by atoms with Crippen LogP contribution in [0.5, 0.6) is 0 Å². The van der Waals surface area contributed by atoms with Crippen molar-refractivity contribution in [3.8, 4) is 0 Å². The highest BCUT2D eigenvalue weighted by molar-refractivity contribution is 7.85. The Morgan fingerprint density at radius 2 is 1.10 bits per heavy atom. The van der Waals surface area contributed by atoms with Crippen LogP contribution in [0.25, 0.3) is 0 Å². The van der Waals surface area contributed by atoms with Crippen molar-refractivity contribution in [2.45, 2.75) is 60.0 Å². The summed E-state index contributed by atoms with van der Waals surface area (Å²) < 4.78 is 226. The molecule has 1 rings (SSSR count). The van der Waals surface area contributed by atoms with Crippen LogP contribution in [-0.2, 0) is 14.9 Å². The lowest BCUT2D eigenvalue weighted by molar-refractivity contribution is -0.453. The number of halogens is 15. The Morgan fingerprint density at radius 1 is 0.718 bits per heavy atom. The third-order valence-corrected chi connectivity index (χ3v) is 5.76. The molecule has 0 amide bonds. The van der Waals surface area contributed by atoms with Crippen molar-refractivity contribution < 1.29 is 83.6 Å². The Kier molecular flexibility index (Phi) is 11.7. The summed E-state index contributed by atoms with van der Waals surface area (Å²) in [4.78, 5) is -0.0666. The first-order valence-electron chi connectivity index (χ1n) is 9.72. The molecular weight excluding hydrogens is 628 g/mol. The summed E-state index contributed by atoms with van der Waals surface area (Å²) in [6.07, 6.45) is -7.63. The van der Waals surface area contributed by atoms with Crippen LogP contribution in [0.2, 0.25) is 0 Å². The Morgan fingerprint density at radius 3 is 1.46 bits per heavy atom. The van der Waals surface area contributed by atoms with Crippen molar-refractivity contribution in [2.75, 3.05) is 19.4 Å². The largest absolute Gasteiger partial charge is 0.460 e. The summed E-state index contributed by atoms with van der Waals surface area (Å²) in [6.45, 7) is -1.70. The van der Waals surface area contributed by atoms with E-state index in [1.807, 2.05) is 16.2 Å². The molecule has 0 spiro atoms. The van der Waals surface area contributed by atoms with Crippen LogP contribution in [-0.4, -0.2) is 74.1 Å². The first kappa shape index (κ1) is 37.5. The molecule has 0 heterocycles. The minimum absolute atomic E-state index is 0.0666. The van der Waals surface area contributed by atoms with Gasteiger partial charge in [-0.25, -0.2) is 0 Å². The number of hydrogen-bond acceptors (Lipinski definition) is 3. The number of alkyl halides is 15. The zero-order chi connectivity index (χ0) is 31.5. The van der Waals surface area contributed by atoms with E-state index >= 15 is 0 Å². The zero-order valence-corrected chi connectivity index (χ0v) is 20.9. The summed E-state index contributed by atoms with van der Waals surface area (Å²) in [7, 11) is -2.03. The molecule has 0 radical (unpaired) electrons. The topological polar surface area (TPSA) is 63.6 Å². The van der Waals surface area contributed by atoms with Gasteiger partial charge in [0.05, 0.1) is 4.90 Å². The number of hydrogen-bond donors (Lipinski definition) is 1.